The summed E-state index contributed by atoms with van der Waals surface area (Å²) in [4.78, 5) is 32.2. The average Bonchev–Trinajstić information content (AvgIpc) is 3.32. The minimum Gasteiger partial charge on any atom is -0.481 e. The molecule has 1 saturated carbocycles. The van der Waals surface area contributed by atoms with E-state index < -0.39 is 0 Å². The van der Waals surface area contributed by atoms with Crippen LogP contribution in [0, 0.1) is 11.8 Å². The third kappa shape index (κ3) is 3.44. The van der Waals surface area contributed by atoms with Crippen molar-refractivity contribution in [2.45, 2.75) is 20.3 Å². The molecule has 1 saturated heterocycles. The van der Waals surface area contributed by atoms with Crippen molar-refractivity contribution in [1.82, 2.24) is 9.88 Å². The second-order valence-electron chi connectivity index (χ2n) is 6.53. The molecule has 2 fully saturated rings. The molecule has 0 aromatic carbocycles. The number of anilines is 2. The number of hydrogen-bond acceptors (Lipinski definition) is 5. The maximum absolute atomic E-state index is 12.3. The summed E-state index contributed by atoms with van der Waals surface area (Å²) in [5, 5.41) is 3.01. The lowest BCUT2D eigenvalue weighted by atomic mass is 10.2. The quantitative estimate of drug-likeness (QED) is 0.901. The third-order valence-corrected chi connectivity index (χ3v) is 4.79. The summed E-state index contributed by atoms with van der Waals surface area (Å²) in [6.07, 6.45) is 0.946. The first-order valence-electron chi connectivity index (χ1n) is 8.36. The van der Waals surface area contributed by atoms with E-state index in [0.29, 0.717) is 49.5 Å². The summed E-state index contributed by atoms with van der Waals surface area (Å²) >= 11 is 0. The molecule has 130 valence electrons. The van der Waals surface area contributed by atoms with Crippen molar-refractivity contribution in [1.29, 1.82) is 0 Å². The number of carbonyl (C=O) groups is 2. The Morgan fingerprint density at radius 3 is 2.46 bits per heavy atom. The summed E-state index contributed by atoms with van der Waals surface area (Å²) in [5.41, 5.74) is 0.705. The number of piperazine rings is 1. The highest BCUT2D eigenvalue weighted by molar-refractivity contribution is 5.96. The van der Waals surface area contributed by atoms with E-state index in [1.165, 1.54) is 0 Å². The van der Waals surface area contributed by atoms with Crippen molar-refractivity contribution in [3.05, 3.63) is 12.1 Å². The van der Waals surface area contributed by atoms with Crippen LogP contribution in [-0.4, -0.2) is 55.0 Å². The molecule has 1 aliphatic carbocycles. The Hall–Kier alpha value is -2.31. The fourth-order valence-electron chi connectivity index (χ4n) is 3.03. The van der Waals surface area contributed by atoms with Crippen LogP contribution >= 0.6 is 0 Å². The zero-order valence-corrected chi connectivity index (χ0v) is 14.4. The van der Waals surface area contributed by atoms with Crippen LogP contribution in [0.1, 0.15) is 20.3 Å². The van der Waals surface area contributed by atoms with E-state index in [1.54, 1.807) is 20.1 Å². The molecule has 7 heteroatoms. The van der Waals surface area contributed by atoms with Gasteiger partial charge in [0.2, 0.25) is 17.7 Å². The highest BCUT2D eigenvalue weighted by atomic mass is 16.5. The van der Waals surface area contributed by atoms with Gasteiger partial charge in [-0.2, -0.15) is 4.98 Å². The first-order chi connectivity index (χ1) is 11.5. The van der Waals surface area contributed by atoms with Gasteiger partial charge in [0, 0.05) is 45.1 Å². The average molecular weight is 332 g/mol. The van der Waals surface area contributed by atoms with Gasteiger partial charge in [-0.3, -0.25) is 9.59 Å². The summed E-state index contributed by atoms with van der Waals surface area (Å²) < 4.78 is 5.23. The number of nitrogens with zero attached hydrogens (tertiary/aromatic N) is 3. The maximum Gasteiger partial charge on any atom is 0.227 e. The molecule has 2 aliphatic rings. The largest absolute Gasteiger partial charge is 0.481 e. The van der Waals surface area contributed by atoms with Crippen LogP contribution in [0.4, 0.5) is 11.5 Å². The van der Waals surface area contributed by atoms with E-state index in [2.05, 4.69) is 22.1 Å². The van der Waals surface area contributed by atoms with Crippen LogP contribution in [0.15, 0.2) is 12.1 Å². The molecule has 0 spiro atoms. The monoisotopic (exact) mass is 332 g/mol. The Kier molecular flexibility index (Phi) is 4.59. The second-order valence-corrected chi connectivity index (χ2v) is 6.53. The lowest BCUT2D eigenvalue weighted by molar-refractivity contribution is -0.129. The van der Waals surface area contributed by atoms with E-state index in [9.17, 15) is 9.59 Å². The third-order valence-electron chi connectivity index (χ3n) is 4.79. The number of carbonyl (C=O) groups excluding carboxylic acids is 2. The van der Waals surface area contributed by atoms with Gasteiger partial charge in [-0.25, -0.2) is 0 Å². The van der Waals surface area contributed by atoms with Crippen molar-refractivity contribution in [2.75, 3.05) is 43.5 Å². The normalized spacial score (nSPS) is 23.0. The molecule has 7 nitrogen and oxygen atoms in total. The molecular formula is C17H24N4O3. The molecule has 3 rings (SSSR count). The van der Waals surface area contributed by atoms with Crippen molar-refractivity contribution in [2.24, 2.45) is 11.8 Å². The van der Waals surface area contributed by atoms with Gasteiger partial charge in [0.25, 0.3) is 0 Å². The molecule has 0 bridgehead atoms. The fourth-order valence-corrected chi connectivity index (χ4v) is 3.03. The van der Waals surface area contributed by atoms with Gasteiger partial charge in [-0.05, 0) is 18.4 Å². The van der Waals surface area contributed by atoms with Gasteiger partial charge in [0.15, 0.2) is 5.82 Å². The highest BCUT2D eigenvalue weighted by Gasteiger charge is 2.39. The van der Waals surface area contributed by atoms with Crippen molar-refractivity contribution in [3.63, 3.8) is 0 Å². The Morgan fingerprint density at radius 2 is 1.92 bits per heavy atom. The number of rotatable bonds is 4. The first-order valence-corrected chi connectivity index (χ1v) is 8.36. The molecular weight excluding hydrogens is 308 g/mol. The standard InChI is InChI=1S/C17H24N4O3/c1-11-10-13(11)17(23)18-14-4-5-15(24-3)19-16(14)21-8-6-20(7-9-21)12(2)22/h4-5,11,13H,6-10H2,1-3H3,(H,18,23)/t11-,13+/m0/s1. The lowest BCUT2D eigenvalue weighted by Gasteiger charge is -2.35. The van der Waals surface area contributed by atoms with Gasteiger partial charge in [0.05, 0.1) is 12.8 Å². The molecule has 0 radical (unpaired) electrons. The van der Waals surface area contributed by atoms with E-state index >= 15 is 0 Å². The molecule has 2 amide bonds. The van der Waals surface area contributed by atoms with Crippen LogP contribution in [-0.2, 0) is 9.59 Å². The van der Waals surface area contributed by atoms with Crippen LogP contribution in [0.5, 0.6) is 5.88 Å². The lowest BCUT2D eigenvalue weighted by Crippen LogP contribution is -2.48. The summed E-state index contributed by atoms with van der Waals surface area (Å²) in [7, 11) is 1.57. The SMILES string of the molecule is COc1ccc(NC(=O)[C@@H]2C[C@@H]2C)c(N2CCN(C(C)=O)CC2)n1. The number of aromatic nitrogens is 1. The van der Waals surface area contributed by atoms with Gasteiger partial charge in [-0.15, -0.1) is 0 Å². The number of methoxy groups -OCH3 is 1. The minimum absolute atomic E-state index is 0.0538. The fraction of sp³-hybridized carbons (Fsp3) is 0.588. The molecule has 1 aliphatic heterocycles. The van der Waals surface area contributed by atoms with Gasteiger partial charge >= 0.3 is 0 Å². The van der Waals surface area contributed by atoms with Crippen LogP contribution in [0.25, 0.3) is 0 Å². The maximum atomic E-state index is 12.3. The van der Waals surface area contributed by atoms with Gasteiger partial charge < -0.3 is 19.9 Å². The zero-order chi connectivity index (χ0) is 17.3. The highest BCUT2D eigenvalue weighted by Crippen LogP contribution is 2.39. The predicted molar refractivity (Wildman–Crippen MR) is 91.2 cm³/mol. The second kappa shape index (κ2) is 6.67. The number of ether oxygens (including phenoxy) is 1. The Labute approximate surface area is 142 Å². The van der Waals surface area contributed by atoms with E-state index in [-0.39, 0.29) is 17.7 Å². The predicted octanol–water partition coefficient (Wildman–Crippen LogP) is 1.35. The van der Waals surface area contributed by atoms with Crippen molar-refractivity contribution < 1.29 is 14.3 Å². The smallest absolute Gasteiger partial charge is 0.227 e. The summed E-state index contributed by atoms with van der Waals surface area (Å²) in [6.45, 7) is 6.34. The molecule has 1 N–H and O–H groups in total. The Morgan fingerprint density at radius 1 is 1.25 bits per heavy atom. The van der Waals surface area contributed by atoms with E-state index in [0.717, 1.165) is 6.42 Å². The van der Waals surface area contributed by atoms with Crippen LogP contribution in [0.3, 0.4) is 0 Å². The molecule has 1 aromatic heterocycles. The van der Waals surface area contributed by atoms with E-state index in [4.69, 9.17) is 4.74 Å². The zero-order valence-electron chi connectivity index (χ0n) is 14.4. The van der Waals surface area contributed by atoms with Gasteiger partial charge in [0.1, 0.15) is 0 Å². The number of amides is 2. The Bertz CT molecular complexity index is 641. The molecule has 2 heterocycles. The van der Waals surface area contributed by atoms with Crippen LogP contribution < -0.4 is 15.0 Å². The van der Waals surface area contributed by atoms with Crippen molar-refractivity contribution in [3.8, 4) is 5.88 Å². The Balaban J connectivity index is 1.77. The van der Waals surface area contributed by atoms with E-state index in [1.807, 2.05) is 11.0 Å². The molecule has 2 atom stereocenters. The topological polar surface area (TPSA) is 74.8 Å². The summed E-state index contributed by atoms with van der Waals surface area (Å²) in [6, 6.07) is 3.59. The molecule has 1 aromatic rings. The number of nitrogens with one attached hydrogen (secondary N) is 1. The minimum atomic E-state index is 0.0538. The molecule has 0 unspecified atom stereocenters. The summed E-state index contributed by atoms with van der Waals surface area (Å²) in [5.74, 6) is 1.92. The first kappa shape index (κ1) is 16.5. The number of hydrogen-bond donors (Lipinski definition) is 1. The van der Waals surface area contributed by atoms with Gasteiger partial charge in [-0.1, -0.05) is 6.92 Å². The van der Waals surface area contributed by atoms with Crippen molar-refractivity contribution >= 4 is 23.3 Å². The number of pyridine rings is 1. The van der Waals surface area contributed by atoms with Crippen LogP contribution in [0.2, 0.25) is 0 Å². The molecule has 24 heavy (non-hydrogen) atoms.